The lowest BCUT2D eigenvalue weighted by Gasteiger charge is -2.35. The Morgan fingerprint density at radius 1 is 1.10 bits per heavy atom. The summed E-state index contributed by atoms with van der Waals surface area (Å²) in [5.41, 5.74) is 2.72. The topological polar surface area (TPSA) is 66.5 Å². The Labute approximate surface area is 174 Å². The monoisotopic (exact) mass is 426 g/mol. The van der Waals surface area contributed by atoms with Crippen LogP contribution in [0.5, 0.6) is 0 Å². The van der Waals surface area contributed by atoms with Gasteiger partial charge in [-0.2, -0.15) is 0 Å². The van der Waals surface area contributed by atoms with Crippen molar-refractivity contribution in [3.05, 3.63) is 82.0 Å². The van der Waals surface area contributed by atoms with E-state index in [4.69, 9.17) is 0 Å². The summed E-state index contributed by atoms with van der Waals surface area (Å²) in [4.78, 5) is 16.5. The Hall–Kier alpha value is -2.48. The van der Waals surface area contributed by atoms with Crippen LogP contribution in [0.2, 0.25) is 0 Å². The SMILES string of the molecule is CS(=O)(=O)c1ccccc1NC(=O)CN1CCc2sccc2[C@H]1c1ccccc1. The zero-order chi connectivity index (χ0) is 20.4. The van der Waals surface area contributed by atoms with Gasteiger partial charge in [-0.15, -0.1) is 11.3 Å². The molecule has 0 aliphatic carbocycles. The zero-order valence-corrected chi connectivity index (χ0v) is 17.7. The van der Waals surface area contributed by atoms with Crippen molar-refractivity contribution < 1.29 is 13.2 Å². The third kappa shape index (κ3) is 4.27. The highest BCUT2D eigenvalue weighted by molar-refractivity contribution is 7.90. The van der Waals surface area contributed by atoms with Crippen molar-refractivity contribution in [2.24, 2.45) is 0 Å². The number of carbonyl (C=O) groups excluding carboxylic acids is 1. The predicted octanol–water partition coefficient (Wildman–Crippen LogP) is 3.74. The number of hydrogen-bond acceptors (Lipinski definition) is 5. The number of anilines is 1. The number of fused-ring (bicyclic) bond motifs is 1. The maximum atomic E-state index is 12.8. The first-order valence-corrected chi connectivity index (χ1v) is 12.1. The molecule has 2 aromatic carbocycles. The number of nitrogens with zero attached hydrogens (tertiary/aromatic N) is 1. The summed E-state index contributed by atoms with van der Waals surface area (Å²) in [5, 5.41) is 4.90. The smallest absolute Gasteiger partial charge is 0.238 e. The number of nitrogens with one attached hydrogen (secondary N) is 1. The molecule has 0 bridgehead atoms. The molecule has 150 valence electrons. The Bertz CT molecular complexity index is 1120. The summed E-state index contributed by atoms with van der Waals surface area (Å²) < 4.78 is 24.0. The van der Waals surface area contributed by atoms with Gasteiger partial charge >= 0.3 is 0 Å². The van der Waals surface area contributed by atoms with Gasteiger partial charge in [-0.3, -0.25) is 9.69 Å². The molecule has 5 nitrogen and oxygen atoms in total. The van der Waals surface area contributed by atoms with Crippen LogP contribution in [0.3, 0.4) is 0 Å². The minimum absolute atomic E-state index is 0.0158. The van der Waals surface area contributed by atoms with Gasteiger partial charge in [0.05, 0.1) is 23.2 Å². The molecular formula is C22H22N2O3S2. The third-order valence-corrected chi connectivity index (χ3v) is 7.24. The zero-order valence-electron chi connectivity index (χ0n) is 16.0. The van der Waals surface area contributed by atoms with Crippen molar-refractivity contribution in [1.29, 1.82) is 0 Å². The fourth-order valence-electron chi connectivity index (χ4n) is 3.83. The van der Waals surface area contributed by atoms with Crippen LogP contribution in [0.1, 0.15) is 22.0 Å². The number of para-hydroxylation sites is 1. The van der Waals surface area contributed by atoms with Crippen molar-refractivity contribution in [3.63, 3.8) is 0 Å². The highest BCUT2D eigenvalue weighted by Gasteiger charge is 2.31. The number of carbonyl (C=O) groups is 1. The summed E-state index contributed by atoms with van der Waals surface area (Å²) >= 11 is 1.76. The molecule has 1 amide bonds. The van der Waals surface area contributed by atoms with Gasteiger partial charge in [0.15, 0.2) is 9.84 Å². The number of hydrogen-bond donors (Lipinski definition) is 1. The lowest BCUT2D eigenvalue weighted by Crippen LogP contribution is -2.40. The van der Waals surface area contributed by atoms with Crippen LogP contribution in [0.25, 0.3) is 0 Å². The first-order valence-electron chi connectivity index (χ1n) is 9.37. The molecule has 1 aromatic heterocycles. The summed E-state index contributed by atoms with van der Waals surface area (Å²) in [5.74, 6) is -0.222. The fourth-order valence-corrected chi connectivity index (χ4v) is 5.58. The second-order valence-electron chi connectivity index (χ2n) is 7.15. The Kier molecular flexibility index (Phi) is 5.54. The van der Waals surface area contributed by atoms with Crippen LogP contribution in [0, 0.1) is 0 Å². The van der Waals surface area contributed by atoms with Gasteiger partial charge in [-0.25, -0.2) is 8.42 Å². The summed E-state index contributed by atoms with van der Waals surface area (Å²) in [6.45, 7) is 0.959. The molecule has 0 saturated carbocycles. The Morgan fingerprint density at radius 2 is 1.83 bits per heavy atom. The van der Waals surface area contributed by atoms with Crippen molar-refractivity contribution in [2.45, 2.75) is 17.4 Å². The standard InChI is InChI=1S/C22H22N2O3S2/c1-29(26,27)20-10-6-5-9-18(20)23-21(25)15-24-13-11-19-17(12-14-28-19)22(24)16-7-3-2-4-8-16/h2-10,12,14,22H,11,13,15H2,1H3,(H,23,25)/t22-/m1/s1. The van der Waals surface area contributed by atoms with E-state index in [1.165, 1.54) is 16.5 Å². The van der Waals surface area contributed by atoms with E-state index in [-0.39, 0.29) is 23.4 Å². The molecule has 29 heavy (non-hydrogen) atoms. The number of benzene rings is 2. The minimum atomic E-state index is -3.43. The fraction of sp³-hybridized carbons (Fsp3) is 0.227. The predicted molar refractivity (Wildman–Crippen MR) is 116 cm³/mol. The van der Waals surface area contributed by atoms with Crippen LogP contribution in [-0.2, 0) is 21.1 Å². The Balaban J connectivity index is 1.58. The molecule has 7 heteroatoms. The van der Waals surface area contributed by atoms with Crippen molar-refractivity contribution in [2.75, 3.05) is 24.7 Å². The minimum Gasteiger partial charge on any atom is -0.324 e. The van der Waals surface area contributed by atoms with E-state index in [9.17, 15) is 13.2 Å². The van der Waals surface area contributed by atoms with Gasteiger partial charge in [-0.05, 0) is 41.1 Å². The van der Waals surface area contributed by atoms with E-state index >= 15 is 0 Å². The van der Waals surface area contributed by atoms with Crippen LogP contribution in [0.15, 0.2) is 70.9 Å². The molecule has 1 aliphatic heterocycles. The molecule has 0 saturated heterocycles. The number of rotatable bonds is 5. The van der Waals surface area contributed by atoms with Gasteiger partial charge < -0.3 is 5.32 Å². The molecule has 2 heterocycles. The second kappa shape index (κ2) is 8.10. The number of thiophene rings is 1. The van der Waals surface area contributed by atoms with Gasteiger partial charge in [0, 0.05) is 17.7 Å². The van der Waals surface area contributed by atoms with Crippen LogP contribution in [-0.4, -0.2) is 38.6 Å². The van der Waals surface area contributed by atoms with Crippen molar-refractivity contribution in [1.82, 2.24) is 4.90 Å². The van der Waals surface area contributed by atoms with Crippen molar-refractivity contribution in [3.8, 4) is 0 Å². The molecule has 0 radical (unpaired) electrons. The summed E-state index contributed by atoms with van der Waals surface area (Å²) in [7, 11) is -3.43. The maximum absolute atomic E-state index is 12.8. The van der Waals surface area contributed by atoms with E-state index < -0.39 is 9.84 Å². The normalized spacial score (nSPS) is 16.9. The second-order valence-corrected chi connectivity index (χ2v) is 10.1. The third-order valence-electron chi connectivity index (χ3n) is 5.09. The van der Waals surface area contributed by atoms with Crippen LogP contribution in [0.4, 0.5) is 5.69 Å². The average Bonchev–Trinajstić information content (AvgIpc) is 3.17. The lowest BCUT2D eigenvalue weighted by atomic mass is 9.93. The quantitative estimate of drug-likeness (QED) is 0.675. The first kappa shape index (κ1) is 19.8. The van der Waals surface area contributed by atoms with E-state index in [2.05, 4.69) is 33.8 Å². The summed E-state index contributed by atoms with van der Waals surface area (Å²) in [6.07, 6.45) is 2.05. The van der Waals surface area contributed by atoms with E-state index in [1.54, 1.807) is 29.5 Å². The summed E-state index contributed by atoms with van der Waals surface area (Å²) in [6, 6.07) is 18.8. The van der Waals surface area contributed by atoms with Gasteiger partial charge in [-0.1, -0.05) is 42.5 Å². The molecular weight excluding hydrogens is 404 g/mol. The molecule has 1 N–H and O–H groups in total. The van der Waals surface area contributed by atoms with E-state index in [0.29, 0.717) is 5.69 Å². The average molecular weight is 427 g/mol. The molecule has 3 aromatic rings. The largest absolute Gasteiger partial charge is 0.324 e. The van der Waals surface area contributed by atoms with Crippen LogP contribution < -0.4 is 5.32 Å². The van der Waals surface area contributed by atoms with Crippen LogP contribution >= 0.6 is 11.3 Å². The van der Waals surface area contributed by atoms with Gasteiger partial charge in [0.25, 0.3) is 0 Å². The molecule has 0 spiro atoms. The molecule has 4 rings (SSSR count). The number of sulfone groups is 1. The van der Waals surface area contributed by atoms with E-state index in [0.717, 1.165) is 24.8 Å². The lowest BCUT2D eigenvalue weighted by molar-refractivity contribution is -0.117. The van der Waals surface area contributed by atoms with Gasteiger partial charge in [0.1, 0.15) is 0 Å². The molecule has 0 fully saturated rings. The van der Waals surface area contributed by atoms with Gasteiger partial charge in [0.2, 0.25) is 5.91 Å². The highest BCUT2D eigenvalue weighted by atomic mass is 32.2. The number of amides is 1. The van der Waals surface area contributed by atoms with Crippen molar-refractivity contribution >= 4 is 32.8 Å². The Morgan fingerprint density at radius 3 is 2.59 bits per heavy atom. The molecule has 1 aliphatic rings. The first-order chi connectivity index (χ1) is 13.9. The maximum Gasteiger partial charge on any atom is 0.238 e. The molecule has 1 atom stereocenters. The highest BCUT2D eigenvalue weighted by Crippen LogP contribution is 2.37. The van der Waals surface area contributed by atoms with E-state index in [1.807, 2.05) is 18.2 Å². The molecule has 0 unspecified atom stereocenters.